The van der Waals surface area contributed by atoms with Gasteiger partial charge in [-0.25, -0.2) is 9.52 Å². The Morgan fingerprint density at radius 3 is 2.71 bits per heavy atom. The lowest BCUT2D eigenvalue weighted by Crippen LogP contribution is -2.41. The number of rotatable bonds is 16. The number of carbonyl (C=O) groups excluding carboxylic acids is 1. The average Bonchev–Trinajstić information content (AvgIpc) is 3.49. The van der Waals surface area contributed by atoms with Crippen molar-refractivity contribution in [2.45, 2.75) is 32.1 Å². The van der Waals surface area contributed by atoms with Gasteiger partial charge >= 0.3 is 16.3 Å². The van der Waals surface area contributed by atoms with Gasteiger partial charge in [-0.05, 0) is 61.1 Å². The van der Waals surface area contributed by atoms with Crippen LogP contribution in [0.2, 0.25) is 0 Å². The molecule has 3 rings (SSSR count). The SMILES string of the molecule is COCCOc1ccc(CCCOC(=O)NS(=O)(=O)NCCc2cccs2)c(OCC2CC2)c1. The van der Waals surface area contributed by atoms with E-state index in [0.29, 0.717) is 50.8 Å². The Labute approximate surface area is 204 Å². The van der Waals surface area contributed by atoms with Gasteiger partial charge in [0.15, 0.2) is 0 Å². The zero-order valence-corrected chi connectivity index (χ0v) is 20.9. The second kappa shape index (κ2) is 13.5. The largest absolute Gasteiger partial charge is 0.493 e. The summed E-state index contributed by atoms with van der Waals surface area (Å²) in [7, 11) is -2.34. The number of carbonyl (C=O) groups is 1. The van der Waals surface area contributed by atoms with Crippen molar-refractivity contribution in [1.82, 2.24) is 9.44 Å². The van der Waals surface area contributed by atoms with E-state index in [1.807, 2.05) is 40.4 Å². The van der Waals surface area contributed by atoms with Gasteiger partial charge in [0.05, 0.1) is 19.8 Å². The number of amides is 1. The Morgan fingerprint density at radius 1 is 1.12 bits per heavy atom. The summed E-state index contributed by atoms with van der Waals surface area (Å²) < 4.78 is 49.9. The summed E-state index contributed by atoms with van der Waals surface area (Å²) in [5, 5.41) is 1.92. The molecule has 1 aromatic heterocycles. The smallest absolute Gasteiger partial charge is 0.421 e. The Balaban J connectivity index is 1.40. The van der Waals surface area contributed by atoms with Gasteiger partial charge in [-0.15, -0.1) is 11.3 Å². The molecule has 1 fully saturated rings. The van der Waals surface area contributed by atoms with Crippen LogP contribution in [-0.4, -0.2) is 54.6 Å². The van der Waals surface area contributed by atoms with Gasteiger partial charge in [-0.3, -0.25) is 0 Å². The van der Waals surface area contributed by atoms with Crippen LogP contribution in [0.3, 0.4) is 0 Å². The third kappa shape index (κ3) is 9.88. The third-order valence-electron chi connectivity index (χ3n) is 5.05. The molecule has 0 saturated heterocycles. The van der Waals surface area contributed by atoms with Gasteiger partial charge in [0, 0.05) is 24.6 Å². The second-order valence-corrected chi connectivity index (χ2v) is 10.5. The molecule has 1 amide bonds. The number of nitrogens with one attached hydrogen (secondary N) is 2. The summed E-state index contributed by atoms with van der Waals surface area (Å²) in [6.07, 6.45) is 3.05. The number of aryl methyl sites for hydroxylation is 1. The van der Waals surface area contributed by atoms with Crippen molar-refractivity contribution in [3.05, 3.63) is 46.2 Å². The van der Waals surface area contributed by atoms with Crippen LogP contribution in [-0.2, 0) is 32.5 Å². The maximum atomic E-state index is 12.0. The lowest BCUT2D eigenvalue weighted by Gasteiger charge is -2.14. The minimum Gasteiger partial charge on any atom is -0.493 e. The van der Waals surface area contributed by atoms with Gasteiger partial charge < -0.3 is 18.9 Å². The van der Waals surface area contributed by atoms with E-state index in [0.717, 1.165) is 16.2 Å². The van der Waals surface area contributed by atoms with Crippen LogP contribution in [0.25, 0.3) is 0 Å². The van der Waals surface area contributed by atoms with E-state index in [1.54, 1.807) is 18.4 Å². The van der Waals surface area contributed by atoms with Crippen molar-refractivity contribution in [1.29, 1.82) is 0 Å². The van der Waals surface area contributed by atoms with Crippen LogP contribution < -0.4 is 18.9 Å². The molecule has 1 saturated carbocycles. The summed E-state index contributed by atoms with van der Waals surface area (Å²) in [4.78, 5) is 12.9. The molecule has 11 heteroatoms. The van der Waals surface area contributed by atoms with Crippen LogP contribution in [0.5, 0.6) is 11.5 Å². The molecule has 0 bridgehead atoms. The molecule has 0 aliphatic heterocycles. The maximum Gasteiger partial charge on any atom is 0.421 e. The number of benzene rings is 1. The predicted molar refractivity (Wildman–Crippen MR) is 130 cm³/mol. The summed E-state index contributed by atoms with van der Waals surface area (Å²) >= 11 is 1.54. The summed E-state index contributed by atoms with van der Waals surface area (Å²) in [6, 6.07) is 9.50. The first-order chi connectivity index (χ1) is 16.4. The Hall–Kier alpha value is -2.34. The molecule has 1 aromatic carbocycles. The highest BCUT2D eigenvalue weighted by atomic mass is 32.2. The number of ether oxygens (including phenoxy) is 4. The van der Waals surface area contributed by atoms with Crippen molar-refractivity contribution in [2.75, 3.05) is 40.1 Å². The normalized spacial score (nSPS) is 13.4. The molecular formula is C23H32N2O7S2. The topological polar surface area (TPSA) is 112 Å². The van der Waals surface area contributed by atoms with E-state index in [2.05, 4.69) is 4.72 Å². The van der Waals surface area contributed by atoms with E-state index in [9.17, 15) is 13.2 Å². The van der Waals surface area contributed by atoms with E-state index >= 15 is 0 Å². The number of hydrogen-bond acceptors (Lipinski definition) is 8. The van der Waals surface area contributed by atoms with Crippen molar-refractivity contribution >= 4 is 27.6 Å². The highest BCUT2D eigenvalue weighted by Crippen LogP contribution is 2.32. The zero-order valence-electron chi connectivity index (χ0n) is 19.3. The molecule has 2 N–H and O–H groups in total. The van der Waals surface area contributed by atoms with Crippen LogP contribution in [0.15, 0.2) is 35.7 Å². The minimum atomic E-state index is -3.97. The van der Waals surface area contributed by atoms with Gasteiger partial charge in [0.25, 0.3) is 0 Å². The lowest BCUT2D eigenvalue weighted by molar-refractivity contribution is 0.146. The fourth-order valence-electron chi connectivity index (χ4n) is 3.07. The second-order valence-electron chi connectivity index (χ2n) is 7.93. The molecule has 0 unspecified atom stereocenters. The van der Waals surface area contributed by atoms with Crippen LogP contribution >= 0.6 is 11.3 Å². The van der Waals surface area contributed by atoms with E-state index in [4.69, 9.17) is 18.9 Å². The Bertz CT molecular complexity index is 993. The van der Waals surface area contributed by atoms with Crippen LogP contribution in [0.4, 0.5) is 4.79 Å². The maximum absolute atomic E-state index is 12.0. The fraction of sp³-hybridized carbons (Fsp3) is 0.522. The molecule has 188 valence electrons. The first-order valence-electron chi connectivity index (χ1n) is 11.3. The summed E-state index contributed by atoms with van der Waals surface area (Å²) in [5.74, 6) is 2.07. The predicted octanol–water partition coefficient (Wildman–Crippen LogP) is 3.30. The molecule has 34 heavy (non-hydrogen) atoms. The molecule has 1 heterocycles. The van der Waals surface area contributed by atoms with Gasteiger partial charge in [-0.2, -0.15) is 13.1 Å². The molecule has 0 radical (unpaired) electrons. The standard InChI is InChI=1S/C23H32N2O7S2/c1-29-13-14-30-20-9-8-19(22(16-20)32-17-18-6-7-18)4-2-12-31-23(26)25-34(27,28)24-11-10-21-5-3-15-33-21/h3,5,8-9,15-16,18,24H,2,4,6-7,10-14,17H2,1H3,(H,25,26). The summed E-state index contributed by atoms with van der Waals surface area (Å²) in [6.45, 7) is 1.89. The monoisotopic (exact) mass is 512 g/mol. The molecule has 1 aliphatic rings. The molecule has 0 atom stereocenters. The van der Waals surface area contributed by atoms with Crippen LogP contribution in [0.1, 0.15) is 29.7 Å². The Kier molecular flexibility index (Phi) is 10.4. The quantitative estimate of drug-likeness (QED) is 0.332. The highest BCUT2D eigenvalue weighted by Gasteiger charge is 2.22. The lowest BCUT2D eigenvalue weighted by atomic mass is 10.1. The number of methoxy groups -OCH3 is 1. The highest BCUT2D eigenvalue weighted by molar-refractivity contribution is 7.88. The molecular weight excluding hydrogens is 480 g/mol. The zero-order chi connectivity index (χ0) is 24.2. The number of hydrogen-bond donors (Lipinski definition) is 2. The molecule has 9 nitrogen and oxygen atoms in total. The van der Waals surface area contributed by atoms with Crippen LogP contribution in [0, 0.1) is 5.92 Å². The van der Waals surface area contributed by atoms with Crippen molar-refractivity contribution in [3.8, 4) is 11.5 Å². The fourth-order valence-corrected chi connectivity index (χ4v) is 4.50. The average molecular weight is 513 g/mol. The first-order valence-corrected chi connectivity index (χ1v) is 13.7. The van der Waals surface area contributed by atoms with Gasteiger partial charge in [-0.1, -0.05) is 12.1 Å². The molecule has 0 spiro atoms. The third-order valence-corrected chi connectivity index (χ3v) is 7.01. The molecule has 2 aromatic rings. The van der Waals surface area contributed by atoms with E-state index in [-0.39, 0.29) is 13.2 Å². The van der Waals surface area contributed by atoms with Gasteiger partial charge in [0.1, 0.15) is 18.1 Å². The van der Waals surface area contributed by atoms with Gasteiger partial charge in [0.2, 0.25) is 0 Å². The van der Waals surface area contributed by atoms with E-state index in [1.165, 1.54) is 12.8 Å². The minimum absolute atomic E-state index is 0.0741. The Morgan fingerprint density at radius 2 is 1.97 bits per heavy atom. The van der Waals surface area contributed by atoms with E-state index < -0.39 is 16.3 Å². The van der Waals surface area contributed by atoms with Crippen molar-refractivity contribution < 1.29 is 32.2 Å². The number of thiophene rings is 1. The van der Waals surface area contributed by atoms with Crippen molar-refractivity contribution in [3.63, 3.8) is 0 Å². The summed E-state index contributed by atoms with van der Waals surface area (Å²) in [5.41, 5.74) is 0.978. The van der Waals surface area contributed by atoms with Crippen molar-refractivity contribution in [2.24, 2.45) is 5.92 Å². The molecule has 1 aliphatic carbocycles. The first kappa shape index (κ1) is 26.3.